The van der Waals surface area contributed by atoms with Crippen molar-refractivity contribution >= 4 is 11.0 Å². The number of imidazole rings is 1. The van der Waals surface area contributed by atoms with Crippen LogP contribution >= 0.6 is 0 Å². The molecule has 0 bridgehead atoms. The molecule has 110 valence electrons. The topological polar surface area (TPSA) is 47.7 Å². The summed E-state index contributed by atoms with van der Waals surface area (Å²) in [6.07, 6.45) is 5.03. The van der Waals surface area contributed by atoms with Crippen molar-refractivity contribution < 1.29 is 0 Å². The van der Waals surface area contributed by atoms with Crippen LogP contribution in [0.2, 0.25) is 0 Å². The monoisotopic (exact) mass is 283 g/mol. The summed E-state index contributed by atoms with van der Waals surface area (Å²) in [5, 5.41) is 7.63. The fraction of sp³-hybridized carbons (Fsp3) is 0.375. The first-order chi connectivity index (χ1) is 10.3. The van der Waals surface area contributed by atoms with Crippen molar-refractivity contribution in [3.8, 4) is 0 Å². The second-order valence-corrected chi connectivity index (χ2v) is 5.29. The lowest BCUT2D eigenvalue weighted by Crippen LogP contribution is -2.16. The summed E-state index contributed by atoms with van der Waals surface area (Å²) in [7, 11) is 1.93. The van der Waals surface area contributed by atoms with Crippen LogP contribution in [0.1, 0.15) is 24.7 Å². The first-order valence-electron chi connectivity index (χ1n) is 7.40. The summed E-state index contributed by atoms with van der Waals surface area (Å²) >= 11 is 0. The van der Waals surface area contributed by atoms with Gasteiger partial charge < -0.3 is 9.88 Å². The number of aromatic nitrogens is 4. The number of hydrogen-bond donors (Lipinski definition) is 1. The van der Waals surface area contributed by atoms with E-state index >= 15 is 0 Å². The van der Waals surface area contributed by atoms with E-state index in [9.17, 15) is 0 Å². The molecule has 2 aromatic heterocycles. The molecule has 0 saturated carbocycles. The molecule has 21 heavy (non-hydrogen) atoms. The van der Waals surface area contributed by atoms with Gasteiger partial charge in [0, 0.05) is 31.9 Å². The average Bonchev–Trinajstić information content (AvgIpc) is 3.04. The second-order valence-electron chi connectivity index (χ2n) is 5.29. The van der Waals surface area contributed by atoms with Gasteiger partial charge in [-0.05, 0) is 18.6 Å². The minimum absolute atomic E-state index is 0.767. The molecule has 0 unspecified atom stereocenters. The molecule has 5 heteroatoms. The van der Waals surface area contributed by atoms with E-state index in [0.29, 0.717) is 0 Å². The molecule has 0 spiro atoms. The maximum atomic E-state index is 4.75. The standard InChI is InChI=1S/C16H21N5/c1-3-8-21-15-7-5-4-6-14(15)19-16(21)11-17-9-13-10-18-20(2)12-13/h4-7,10,12,17H,3,8-9,11H2,1-2H3. The van der Waals surface area contributed by atoms with Gasteiger partial charge in [-0.3, -0.25) is 4.68 Å². The number of rotatable bonds is 6. The van der Waals surface area contributed by atoms with Crippen molar-refractivity contribution in [3.63, 3.8) is 0 Å². The summed E-state index contributed by atoms with van der Waals surface area (Å²) in [6, 6.07) is 8.33. The van der Waals surface area contributed by atoms with Crippen LogP contribution in [-0.4, -0.2) is 19.3 Å². The van der Waals surface area contributed by atoms with Gasteiger partial charge in [-0.1, -0.05) is 19.1 Å². The summed E-state index contributed by atoms with van der Waals surface area (Å²) in [6.45, 7) is 4.78. The Labute approximate surface area is 124 Å². The molecular formula is C16H21N5. The lowest BCUT2D eigenvalue weighted by molar-refractivity contribution is 0.598. The van der Waals surface area contributed by atoms with Crippen LogP contribution < -0.4 is 5.32 Å². The van der Waals surface area contributed by atoms with Crippen molar-refractivity contribution in [1.29, 1.82) is 0 Å². The van der Waals surface area contributed by atoms with Crippen LogP contribution in [0.3, 0.4) is 0 Å². The zero-order chi connectivity index (χ0) is 14.7. The highest BCUT2D eigenvalue weighted by Gasteiger charge is 2.09. The fourth-order valence-electron chi connectivity index (χ4n) is 2.62. The number of fused-ring (bicyclic) bond motifs is 1. The Morgan fingerprint density at radius 2 is 2.05 bits per heavy atom. The molecule has 1 aromatic carbocycles. The Bertz CT molecular complexity index is 725. The number of para-hydroxylation sites is 2. The Hall–Kier alpha value is -2.14. The largest absolute Gasteiger partial charge is 0.327 e. The predicted octanol–water partition coefficient (Wildman–Crippen LogP) is 2.47. The van der Waals surface area contributed by atoms with E-state index in [1.807, 2.05) is 30.2 Å². The Morgan fingerprint density at radius 3 is 2.81 bits per heavy atom. The van der Waals surface area contributed by atoms with E-state index in [2.05, 4.69) is 40.1 Å². The molecule has 0 radical (unpaired) electrons. The van der Waals surface area contributed by atoms with Crippen LogP contribution in [0.4, 0.5) is 0 Å². The van der Waals surface area contributed by atoms with Crippen molar-refractivity contribution in [2.75, 3.05) is 0 Å². The van der Waals surface area contributed by atoms with Crippen LogP contribution in [0.5, 0.6) is 0 Å². The van der Waals surface area contributed by atoms with Crippen molar-refractivity contribution in [2.45, 2.75) is 33.0 Å². The second kappa shape index (κ2) is 6.10. The molecule has 3 rings (SSSR count). The van der Waals surface area contributed by atoms with E-state index in [1.54, 1.807) is 0 Å². The molecular weight excluding hydrogens is 262 g/mol. The number of benzene rings is 1. The third-order valence-electron chi connectivity index (χ3n) is 3.55. The summed E-state index contributed by atoms with van der Waals surface area (Å²) in [4.78, 5) is 4.75. The lowest BCUT2D eigenvalue weighted by Gasteiger charge is -2.08. The molecule has 0 atom stereocenters. The van der Waals surface area contributed by atoms with Crippen LogP contribution in [0.15, 0.2) is 36.7 Å². The Kier molecular flexibility index (Phi) is 4.01. The molecule has 2 heterocycles. The summed E-state index contributed by atoms with van der Waals surface area (Å²) < 4.78 is 4.13. The van der Waals surface area contributed by atoms with Gasteiger partial charge in [-0.15, -0.1) is 0 Å². The van der Waals surface area contributed by atoms with Gasteiger partial charge >= 0.3 is 0 Å². The van der Waals surface area contributed by atoms with Crippen molar-refractivity contribution in [2.24, 2.45) is 7.05 Å². The highest BCUT2D eigenvalue weighted by Crippen LogP contribution is 2.16. The minimum atomic E-state index is 0.767. The van der Waals surface area contributed by atoms with Gasteiger partial charge in [0.15, 0.2) is 0 Å². The van der Waals surface area contributed by atoms with E-state index in [0.717, 1.165) is 37.4 Å². The summed E-state index contributed by atoms with van der Waals surface area (Å²) in [5.74, 6) is 1.10. The predicted molar refractivity (Wildman–Crippen MR) is 83.8 cm³/mol. The van der Waals surface area contributed by atoms with Gasteiger partial charge in [0.25, 0.3) is 0 Å². The third-order valence-corrected chi connectivity index (χ3v) is 3.55. The van der Waals surface area contributed by atoms with Gasteiger partial charge in [0.1, 0.15) is 5.82 Å². The minimum Gasteiger partial charge on any atom is -0.327 e. The molecule has 0 aliphatic carbocycles. The number of nitrogens with one attached hydrogen (secondary N) is 1. The smallest absolute Gasteiger partial charge is 0.123 e. The number of hydrogen-bond acceptors (Lipinski definition) is 3. The average molecular weight is 283 g/mol. The first-order valence-corrected chi connectivity index (χ1v) is 7.40. The van der Waals surface area contributed by atoms with E-state index < -0.39 is 0 Å². The molecule has 0 aliphatic heterocycles. The van der Waals surface area contributed by atoms with Gasteiger partial charge in [0.2, 0.25) is 0 Å². The maximum Gasteiger partial charge on any atom is 0.123 e. The fourth-order valence-corrected chi connectivity index (χ4v) is 2.62. The van der Waals surface area contributed by atoms with Crippen LogP contribution in [0, 0.1) is 0 Å². The highest BCUT2D eigenvalue weighted by atomic mass is 15.2. The number of aryl methyl sites for hydroxylation is 2. The van der Waals surface area contributed by atoms with Crippen molar-refractivity contribution in [3.05, 3.63) is 48.0 Å². The molecule has 3 aromatic rings. The Balaban J connectivity index is 1.74. The molecule has 0 amide bonds. The first kappa shape index (κ1) is 13.8. The van der Waals surface area contributed by atoms with Crippen LogP contribution in [0.25, 0.3) is 11.0 Å². The van der Waals surface area contributed by atoms with E-state index in [1.165, 1.54) is 11.1 Å². The zero-order valence-electron chi connectivity index (χ0n) is 12.6. The molecule has 0 fully saturated rings. The maximum absolute atomic E-state index is 4.75. The molecule has 5 nitrogen and oxygen atoms in total. The lowest BCUT2D eigenvalue weighted by atomic mass is 10.3. The van der Waals surface area contributed by atoms with Gasteiger partial charge in [-0.2, -0.15) is 5.10 Å². The normalized spacial score (nSPS) is 11.3. The SMILES string of the molecule is CCCn1c(CNCc2cnn(C)c2)nc2ccccc21. The molecule has 0 aliphatic rings. The number of nitrogens with zero attached hydrogens (tertiary/aromatic N) is 4. The van der Waals surface area contributed by atoms with Crippen LogP contribution in [-0.2, 0) is 26.7 Å². The Morgan fingerprint density at radius 1 is 1.19 bits per heavy atom. The molecule has 1 N–H and O–H groups in total. The van der Waals surface area contributed by atoms with E-state index in [-0.39, 0.29) is 0 Å². The zero-order valence-corrected chi connectivity index (χ0v) is 12.6. The third kappa shape index (κ3) is 2.97. The quantitative estimate of drug-likeness (QED) is 0.756. The summed E-state index contributed by atoms with van der Waals surface area (Å²) in [5.41, 5.74) is 3.48. The van der Waals surface area contributed by atoms with E-state index in [4.69, 9.17) is 4.98 Å². The van der Waals surface area contributed by atoms with Gasteiger partial charge in [-0.25, -0.2) is 4.98 Å². The van der Waals surface area contributed by atoms with Gasteiger partial charge in [0.05, 0.1) is 23.8 Å². The van der Waals surface area contributed by atoms with Crippen molar-refractivity contribution in [1.82, 2.24) is 24.6 Å². The molecule has 0 saturated heterocycles. The highest BCUT2D eigenvalue weighted by molar-refractivity contribution is 5.75.